The third-order valence-electron chi connectivity index (χ3n) is 3.85. The van der Waals surface area contributed by atoms with Gasteiger partial charge in [-0.25, -0.2) is 0 Å². The Kier molecular flexibility index (Phi) is 7.16. The van der Waals surface area contributed by atoms with Crippen LogP contribution in [0.25, 0.3) is 0 Å². The van der Waals surface area contributed by atoms with Crippen molar-refractivity contribution in [3.8, 4) is 0 Å². The summed E-state index contributed by atoms with van der Waals surface area (Å²) < 4.78 is 0. The smallest absolute Gasteiger partial charge is 0.275 e. The molecular weight excluding hydrogens is 340 g/mol. The van der Waals surface area contributed by atoms with Gasteiger partial charge >= 0.3 is 0 Å². The molecule has 24 heavy (non-hydrogen) atoms. The Balaban J connectivity index is 1.84. The molecule has 1 unspecified atom stereocenters. The lowest BCUT2D eigenvalue weighted by molar-refractivity contribution is -0.885. The van der Waals surface area contributed by atoms with Gasteiger partial charge in [0.25, 0.3) is 5.91 Å². The van der Waals surface area contributed by atoms with Crippen LogP contribution in [0.4, 0.5) is 0 Å². The normalized spacial score (nSPS) is 13.3. The average molecular weight is 364 g/mol. The second-order valence-electron chi connectivity index (χ2n) is 6.00. The first-order valence-electron chi connectivity index (χ1n) is 7.97. The predicted molar refractivity (Wildman–Crippen MR) is 102 cm³/mol. The van der Waals surface area contributed by atoms with Crippen molar-refractivity contribution < 1.29 is 9.69 Å². The molecule has 0 spiro atoms. The third-order valence-corrected chi connectivity index (χ3v) is 4.83. The number of amides is 1. The lowest BCUT2D eigenvalue weighted by Gasteiger charge is -2.18. The molecule has 2 atom stereocenters. The van der Waals surface area contributed by atoms with Gasteiger partial charge in [0, 0.05) is 15.5 Å². The molecule has 0 aliphatic carbocycles. The molecule has 2 N–H and O–H groups in total. The predicted octanol–water partition coefficient (Wildman–Crippen LogP) is 2.95. The van der Waals surface area contributed by atoms with E-state index in [4.69, 9.17) is 11.6 Å². The van der Waals surface area contributed by atoms with Gasteiger partial charge in [-0.05, 0) is 43.0 Å². The zero-order chi connectivity index (χ0) is 17.5. The maximum absolute atomic E-state index is 12.2. The van der Waals surface area contributed by atoms with Gasteiger partial charge in [-0.15, -0.1) is 11.8 Å². The first-order valence-corrected chi connectivity index (χ1v) is 9.57. The van der Waals surface area contributed by atoms with Crippen LogP contribution in [0.1, 0.15) is 24.1 Å². The van der Waals surface area contributed by atoms with Crippen LogP contribution in [-0.4, -0.2) is 25.8 Å². The summed E-state index contributed by atoms with van der Waals surface area (Å²) >= 11 is 7.74. The molecule has 0 saturated heterocycles. The maximum Gasteiger partial charge on any atom is 0.275 e. The van der Waals surface area contributed by atoms with Gasteiger partial charge in [0.05, 0.1) is 13.1 Å². The lowest BCUT2D eigenvalue weighted by atomic mass is 10.1. The van der Waals surface area contributed by atoms with Gasteiger partial charge < -0.3 is 10.2 Å². The monoisotopic (exact) mass is 363 g/mol. The minimum absolute atomic E-state index is 0.0423. The highest BCUT2D eigenvalue weighted by Gasteiger charge is 2.14. The molecule has 3 nitrogen and oxygen atoms in total. The van der Waals surface area contributed by atoms with Crippen LogP contribution < -0.4 is 10.2 Å². The van der Waals surface area contributed by atoms with Crippen molar-refractivity contribution in [1.82, 2.24) is 5.32 Å². The fourth-order valence-corrected chi connectivity index (χ4v) is 3.19. The van der Waals surface area contributed by atoms with Crippen LogP contribution in [0.3, 0.4) is 0 Å². The molecule has 2 aromatic carbocycles. The zero-order valence-electron chi connectivity index (χ0n) is 14.3. The van der Waals surface area contributed by atoms with Crippen molar-refractivity contribution in [3.05, 3.63) is 64.7 Å². The lowest BCUT2D eigenvalue weighted by Crippen LogP contribution is -3.08. The van der Waals surface area contributed by atoms with Crippen LogP contribution in [0, 0.1) is 0 Å². The van der Waals surface area contributed by atoms with Crippen molar-refractivity contribution in [1.29, 1.82) is 0 Å². The molecule has 5 heteroatoms. The Morgan fingerprint density at radius 3 is 2.58 bits per heavy atom. The van der Waals surface area contributed by atoms with Crippen LogP contribution in [0.2, 0.25) is 5.02 Å². The van der Waals surface area contributed by atoms with E-state index in [1.54, 1.807) is 11.8 Å². The number of thioether (sulfide) groups is 1. The molecule has 2 aromatic rings. The van der Waals surface area contributed by atoms with Gasteiger partial charge in [-0.3, -0.25) is 4.79 Å². The summed E-state index contributed by atoms with van der Waals surface area (Å²) in [6, 6.07) is 16.0. The summed E-state index contributed by atoms with van der Waals surface area (Å²) in [5, 5.41) is 3.72. The molecule has 0 radical (unpaired) electrons. The summed E-state index contributed by atoms with van der Waals surface area (Å²) in [6.07, 6.45) is 2.07. The Morgan fingerprint density at radius 1 is 1.25 bits per heavy atom. The largest absolute Gasteiger partial charge is 0.345 e. The topological polar surface area (TPSA) is 33.5 Å². The summed E-state index contributed by atoms with van der Waals surface area (Å²) in [7, 11) is 2.03. The number of quaternary nitrogens is 1. The van der Waals surface area contributed by atoms with Gasteiger partial charge in [0.2, 0.25) is 0 Å². The van der Waals surface area contributed by atoms with E-state index < -0.39 is 0 Å². The minimum Gasteiger partial charge on any atom is -0.345 e. The van der Waals surface area contributed by atoms with Crippen molar-refractivity contribution in [2.24, 2.45) is 0 Å². The van der Waals surface area contributed by atoms with Crippen LogP contribution >= 0.6 is 23.4 Å². The van der Waals surface area contributed by atoms with E-state index in [0.717, 1.165) is 17.0 Å². The van der Waals surface area contributed by atoms with Gasteiger partial charge in [-0.1, -0.05) is 35.9 Å². The van der Waals surface area contributed by atoms with Crippen molar-refractivity contribution in [2.75, 3.05) is 19.8 Å². The summed E-state index contributed by atoms with van der Waals surface area (Å²) in [6.45, 7) is 3.24. The molecule has 0 bridgehead atoms. The second-order valence-corrected chi connectivity index (χ2v) is 7.32. The molecule has 2 rings (SSSR count). The van der Waals surface area contributed by atoms with Gasteiger partial charge in [0.1, 0.15) is 6.54 Å². The fourth-order valence-electron chi connectivity index (χ4n) is 2.58. The van der Waals surface area contributed by atoms with E-state index in [-0.39, 0.29) is 11.9 Å². The number of benzene rings is 2. The van der Waals surface area contributed by atoms with E-state index in [1.165, 1.54) is 10.5 Å². The number of nitrogens with one attached hydrogen (secondary N) is 2. The van der Waals surface area contributed by atoms with Crippen molar-refractivity contribution in [3.63, 3.8) is 0 Å². The van der Waals surface area contributed by atoms with Crippen molar-refractivity contribution >= 4 is 29.3 Å². The summed E-state index contributed by atoms with van der Waals surface area (Å²) in [5.74, 6) is 0.0423. The van der Waals surface area contributed by atoms with E-state index >= 15 is 0 Å². The highest BCUT2D eigenvalue weighted by Crippen LogP contribution is 2.17. The molecule has 0 aliphatic rings. The molecule has 1 amide bonds. The first kappa shape index (κ1) is 18.8. The second kappa shape index (κ2) is 9.11. The van der Waals surface area contributed by atoms with E-state index in [2.05, 4.69) is 35.8 Å². The fraction of sp³-hybridized carbons (Fsp3) is 0.316. The number of rotatable bonds is 7. The number of likely N-dealkylation sites (N-methyl/N-ethyl adjacent to an activating group) is 1. The average Bonchev–Trinajstić information content (AvgIpc) is 2.55. The Bertz CT molecular complexity index is 675. The standard InChI is InChI=1S/C19H23ClN2OS/c1-14(16-5-4-6-17(20)11-16)21-19(23)13-22(2)12-15-7-9-18(24-3)10-8-15/h4-11,14H,12-13H2,1-3H3,(H,21,23)/p+1/t14-/m0/s1. The SMILES string of the molecule is CSc1ccc(C[NH+](C)CC(=O)N[C@@H](C)c2cccc(Cl)c2)cc1. The van der Waals surface area contributed by atoms with Crippen LogP contribution in [-0.2, 0) is 11.3 Å². The van der Waals surface area contributed by atoms with Gasteiger partial charge in [0.15, 0.2) is 6.54 Å². The molecule has 0 aliphatic heterocycles. The zero-order valence-corrected chi connectivity index (χ0v) is 15.9. The minimum atomic E-state index is -0.0511. The molecule has 128 valence electrons. The third kappa shape index (κ3) is 5.86. The summed E-state index contributed by atoms with van der Waals surface area (Å²) in [4.78, 5) is 14.7. The van der Waals surface area contributed by atoms with Crippen molar-refractivity contribution in [2.45, 2.75) is 24.4 Å². The number of carbonyl (C=O) groups is 1. The molecule has 0 saturated carbocycles. The van der Waals surface area contributed by atoms with Gasteiger partial charge in [-0.2, -0.15) is 0 Å². The Labute approximate surface area is 153 Å². The Hall–Kier alpha value is -1.49. The highest BCUT2D eigenvalue weighted by atomic mass is 35.5. The van der Waals surface area contributed by atoms with E-state index in [1.807, 2.05) is 38.2 Å². The summed E-state index contributed by atoms with van der Waals surface area (Å²) in [5.41, 5.74) is 2.25. The quantitative estimate of drug-likeness (QED) is 0.741. The number of carbonyl (C=O) groups excluding carboxylic acids is 1. The first-order chi connectivity index (χ1) is 11.5. The Morgan fingerprint density at radius 2 is 1.96 bits per heavy atom. The number of hydrogen-bond donors (Lipinski definition) is 2. The molecule has 0 fully saturated rings. The van der Waals surface area contributed by atoms with Crippen LogP contribution in [0.5, 0.6) is 0 Å². The maximum atomic E-state index is 12.2. The highest BCUT2D eigenvalue weighted by molar-refractivity contribution is 7.98. The molecule has 0 aromatic heterocycles. The van der Waals surface area contributed by atoms with Crippen LogP contribution in [0.15, 0.2) is 53.4 Å². The molecule has 0 heterocycles. The number of hydrogen-bond acceptors (Lipinski definition) is 2. The number of halogens is 1. The van der Waals surface area contributed by atoms with E-state index in [9.17, 15) is 4.79 Å². The molecular formula is C19H24ClN2OS+. The van der Waals surface area contributed by atoms with E-state index in [0.29, 0.717) is 11.6 Å².